The highest BCUT2D eigenvalue weighted by molar-refractivity contribution is 5.88. The third-order valence-electron chi connectivity index (χ3n) is 5.72. The van der Waals surface area contributed by atoms with Crippen molar-refractivity contribution in [1.29, 1.82) is 0 Å². The summed E-state index contributed by atoms with van der Waals surface area (Å²) < 4.78 is 1.97. The van der Waals surface area contributed by atoms with Crippen LogP contribution >= 0.6 is 0 Å². The highest BCUT2D eigenvalue weighted by atomic mass is 16.2. The van der Waals surface area contributed by atoms with Crippen molar-refractivity contribution in [3.63, 3.8) is 0 Å². The van der Waals surface area contributed by atoms with Gasteiger partial charge in [-0.2, -0.15) is 5.10 Å². The summed E-state index contributed by atoms with van der Waals surface area (Å²) in [5.41, 5.74) is 4.44. The van der Waals surface area contributed by atoms with Crippen LogP contribution in [0, 0.1) is 13.8 Å². The Morgan fingerprint density at radius 3 is 2.86 bits per heavy atom. The summed E-state index contributed by atoms with van der Waals surface area (Å²) in [5.74, 6) is -0.0204. The zero-order valence-corrected chi connectivity index (χ0v) is 16.5. The van der Waals surface area contributed by atoms with Crippen LogP contribution in [-0.4, -0.2) is 57.1 Å². The average molecular weight is 381 g/mol. The smallest absolute Gasteiger partial charge is 0.237 e. The zero-order chi connectivity index (χ0) is 19.7. The van der Waals surface area contributed by atoms with E-state index in [9.17, 15) is 9.59 Å². The normalized spacial score (nSPS) is 20.0. The Morgan fingerprint density at radius 2 is 2.04 bits per heavy atom. The van der Waals surface area contributed by atoms with E-state index in [1.807, 2.05) is 34.7 Å². The Balaban J connectivity index is 1.45. The number of rotatable bonds is 4. The number of aromatic nitrogens is 2. The number of piperazine rings is 1. The highest BCUT2D eigenvalue weighted by Crippen LogP contribution is 2.19. The molecule has 7 heteroatoms. The van der Waals surface area contributed by atoms with Crippen molar-refractivity contribution in [3.8, 4) is 0 Å². The first-order chi connectivity index (χ1) is 13.5. The van der Waals surface area contributed by atoms with Crippen molar-refractivity contribution in [2.75, 3.05) is 19.6 Å². The van der Waals surface area contributed by atoms with Crippen LogP contribution in [0.15, 0.2) is 30.3 Å². The number of nitrogens with one attached hydrogen (secondary N) is 1. The standard InChI is InChI=1S/C21H27N5O2/c1-15-5-3-4-6-17(15)13-24-8-7-22-21(28)19(24)12-20(27)25-9-10-26-18(14-25)11-16(2)23-26/h3-6,11,19H,7-10,12-14H2,1-2H3,(H,22,28)/t19-/m1/s1. The van der Waals surface area contributed by atoms with Crippen molar-refractivity contribution in [2.45, 2.75) is 45.9 Å². The number of carbonyl (C=O) groups excluding carboxylic acids is 2. The second kappa shape index (κ2) is 7.75. The van der Waals surface area contributed by atoms with Gasteiger partial charge in [0.1, 0.15) is 0 Å². The first-order valence-corrected chi connectivity index (χ1v) is 9.88. The van der Waals surface area contributed by atoms with Gasteiger partial charge in [0, 0.05) is 26.2 Å². The summed E-state index contributed by atoms with van der Waals surface area (Å²) in [6.07, 6.45) is 0.213. The lowest BCUT2D eigenvalue weighted by Gasteiger charge is -2.36. The molecular formula is C21H27N5O2. The number of aryl methyl sites for hydroxylation is 2. The Labute approximate surface area is 165 Å². The van der Waals surface area contributed by atoms with Crippen LogP contribution < -0.4 is 5.32 Å². The van der Waals surface area contributed by atoms with Crippen molar-refractivity contribution >= 4 is 11.8 Å². The summed E-state index contributed by atoms with van der Waals surface area (Å²) >= 11 is 0. The van der Waals surface area contributed by atoms with Crippen LogP contribution in [0.5, 0.6) is 0 Å². The molecule has 2 aromatic rings. The van der Waals surface area contributed by atoms with Gasteiger partial charge in [-0.05, 0) is 31.0 Å². The van der Waals surface area contributed by atoms with Crippen molar-refractivity contribution in [1.82, 2.24) is 24.9 Å². The maximum absolute atomic E-state index is 13.0. The van der Waals surface area contributed by atoms with E-state index in [0.717, 1.165) is 17.9 Å². The number of carbonyl (C=O) groups is 2. The fourth-order valence-corrected chi connectivity index (χ4v) is 4.10. The van der Waals surface area contributed by atoms with Crippen molar-refractivity contribution in [2.24, 2.45) is 0 Å². The van der Waals surface area contributed by atoms with Gasteiger partial charge in [0.05, 0.1) is 36.9 Å². The zero-order valence-electron chi connectivity index (χ0n) is 16.5. The molecule has 1 saturated heterocycles. The summed E-state index contributed by atoms with van der Waals surface area (Å²) in [6, 6.07) is 9.82. The molecule has 0 radical (unpaired) electrons. The van der Waals surface area contributed by atoms with Crippen LogP contribution in [0.2, 0.25) is 0 Å². The van der Waals surface area contributed by atoms with E-state index in [-0.39, 0.29) is 18.2 Å². The molecule has 2 aliphatic heterocycles. The molecule has 0 unspecified atom stereocenters. The molecule has 0 spiro atoms. The summed E-state index contributed by atoms with van der Waals surface area (Å²) in [7, 11) is 0. The van der Waals surface area contributed by atoms with Gasteiger partial charge >= 0.3 is 0 Å². The Morgan fingerprint density at radius 1 is 1.21 bits per heavy atom. The molecule has 1 aromatic heterocycles. The summed E-state index contributed by atoms with van der Waals surface area (Å²) in [4.78, 5) is 29.5. The van der Waals surface area contributed by atoms with Crippen molar-refractivity contribution in [3.05, 3.63) is 52.8 Å². The molecule has 3 heterocycles. The fourth-order valence-electron chi connectivity index (χ4n) is 4.10. The Kier molecular flexibility index (Phi) is 5.17. The Hall–Kier alpha value is -2.67. The van der Waals surface area contributed by atoms with E-state index in [0.29, 0.717) is 32.7 Å². The van der Waals surface area contributed by atoms with Gasteiger partial charge in [0.2, 0.25) is 11.8 Å². The van der Waals surface area contributed by atoms with Gasteiger partial charge in [0.25, 0.3) is 0 Å². The SMILES string of the molecule is Cc1cc2n(n1)CCN(C(=O)C[C@@H]1C(=O)NCCN1Cc1ccccc1C)C2. The monoisotopic (exact) mass is 381 g/mol. The molecule has 0 bridgehead atoms. The molecule has 2 amide bonds. The summed E-state index contributed by atoms with van der Waals surface area (Å²) in [6.45, 7) is 8.01. The lowest BCUT2D eigenvalue weighted by molar-refractivity contribution is -0.140. The third-order valence-corrected chi connectivity index (χ3v) is 5.72. The first-order valence-electron chi connectivity index (χ1n) is 9.88. The molecule has 28 heavy (non-hydrogen) atoms. The molecule has 1 aromatic carbocycles. The minimum atomic E-state index is -0.422. The van der Waals surface area contributed by atoms with Gasteiger partial charge in [-0.15, -0.1) is 0 Å². The number of amides is 2. The van der Waals surface area contributed by atoms with Crippen molar-refractivity contribution < 1.29 is 9.59 Å². The molecule has 7 nitrogen and oxygen atoms in total. The fraction of sp³-hybridized carbons (Fsp3) is 0.476. The molecule has 4 rings (SSSR count). The quantitative estimate of drug-likeness (QED) is 0.865. The van der Waals surface area contributed by atoms with E-state index in [1.54, 1.807) is 0 Å². The number of hydrogen-bond donors (Lipinski definition) is 1. The largest absolute Gasteiger partial charge is 0.353 e. The highest BCUT2D eigenvalue weighted by Gasteiger charge is 2.34. The van der Waals surface area contributed by atoms with Crippen LogP contribution in [0.3, 0.4) is 0 Å². The van der Waals surface area contributed by atoms with E-state index >= 15 is 0 Å². The number of benzene rings is 1. The third kappa shape index (κ3) is 3.80. The maximum atomic E-state index is 13.0. The van der Waals surface area contributed by atoms with Gasteiger partial charge in [-0.3, -0.25) is 19.2 Å². The number of nitrogens with zero attached hydrogens (tertiary/aromatic N) is 4. The maximum Gasteiger partial charge on any atom is 0.237 e. The van der Waals surface area contributed by atoms with Crippen LogP contribution in [-0.2, 0) is 29.2 Å². The van der Waals surface area contributed by atoms with Crippen LogP contribution in [0.25, 0.3) is 0 Å². The molecule has 1 atom stereocenters. The van der Waals surface area contributed by atoms with E-state index in [1.165, 1.54) is 11.1 Å². The molecule has 1 N–H and O–H groups in total. The minimum absolute atomic E-state index is 0.0296. The van der Waals surface area contributed by atoms with E-state index < -0.39 is 6.04 Å². The van der Waals surface area contributed by atoms with Gasteiger partial charge in [-0.1, -0.05) is 24.3 Å². The molecule has 1 fully saturated rings. The van der Waals surface area contributed by atoms with Crippen LogP contribution in [0.1, 0.15) is 28.9 Å². The summed E-state index contributed by atoms with van der Waals surface area (Å²) in [5, 5.41) is 7.37. The lowest BCUT2D eigenvalue weighted by Crippen LogP contribution is -2.56. The molecule has 0 aliphatic carbocycles. The predicted octanol–water partition coefficient (Wildman–Crippen LogP) is 1.23. The topological polar surface area (TPSA) is 70.5 Å². The second-order valence-corrected chi connectivity index (χ2v) is 7.72. The average Bonchev–Trinajstić information content (AvgIpc) is 3.05. The molecule has 0 saturated carbocycles. The first kappa shape index (κ1) is 18.7. The predicted molar refractivity (Wildman–Crippen MR) is 105 cm³/mol. The number of fused-ring (bicyclic) bond motifs is 1. The lowest BCUT2D eigenvalue weighted by atomic mass is 10.0. The molecule has 148 valence electrons. The van der Waals surface area contributed by atoms with Gasteiger partial charge in [0.15, 0.2) is 0 Å². The van der Waals surface area contributed by atoms with Crippen LogP contribution in [0.4, 0.5) is 0 Å². The van der Waals surface area contributed by atoms with E-state index in [2.05, 4.69) is 34.4 Å². The molecular weight excluding hydrogens is 354 g/mol. The molecule has 2 aliphatic rings. The minimum Gasteiger partial charge on any atom is -0.353 e. The number of hydrogen-bond acceptors (Lipinski definition) is 4. The van der Waals surface area contributed by atoms with E-state index in [4.69, 9.17) is 0 Å². The Bertz CT molecular complexity index is 891. The van der Waals surface area contributed by atoms with Gasteiger partial charge in [-0.25, -0.2) is 0 Å². The second-order valence-electron chi connectivity index (χ2n) is 7.72. The van der Waals surface area contributed by atoms with Gasteiger partial charge < -0.3 is 10.2 Å².